The van der Waals surface area contributed by atoms with Gasteiger partial charge in [0.1, 0.15) is 5.75 Å². The number of likely N-dealkylation sites (tertiary alicyclic amines) is 1. The molecule has 4 rings (SSSR count). The minimum absolute atomic E-state index is 0.0147. The number of amides is 1. The first-order chi connectivity index (χ1) is 15.7. The van der Waals surface area contributed by atoms with Crippen LogP contribution in [0.1, 0.15) is 56.1 Å². The third kappa shape index (κ3) is 5.33. The van der Waals surface area contributed by atoms with E-state index in [-0.39, 0.29) is 11.8 Å². The lowest BCUT2D eigenvalue weighted by Crippen LogP contribution is -2.39. The Morgan fingerprint density at radius 3 is 2.78 bits per heavy atom. The van der Waals surface area contributed by atoms with Gasteiger partial charge in [-0.3, -0.25) is 4.79 Å². The second kappa shape index (κ2) is 10.7. The Morgan fingerprint density at radius 1 is 1.19 bits per heavy atom. The molecule has 32 heavy (non-hydrogen) atoms. The fourth-order valence-electron chi connectivity index (χ4n) is 4.88. The fraction of sp³-hybridized carbons (Fsp3) is 0.444. The predicted octanol–water partition coefficient (Wildman–Crippen LogP) is 5.08. The van der Waals surface area contributed by atoms with Gasteiger partial charge in [-0.2, -0.15) is 0 Å². The number of aromatic amines is 1. The van der Waals surface area contributed by atoms with Gasteiger partial charge in [-0.1, -0.05) is 36.8 Å². The van der Waals surface area contributed by atoms with Gasteiger partial charge in [0.2, 0.25) is 5.91 Å². The topological polar surface area (TPSA) is 57.4 Å². The maximum Gasteiger partial charge on any atom is 0.220 e. The number of nitrogens with one attached hydrogen (secondary N) is 2. The van der Waals surface area contributed by atoms with Crippen molar-refractivity contribution in [2.24, 2.45) is 0 Å². The number of methoxy groups -OCH3 is 1. The first kappa shape index (κ1) is 22.4. The third-order valence-electron chi connectivity index (χ3n) is 6.79. The van der Waals surface area contributed by atoms with Crippen LogP contribution < -0.4 is 10.1 Å². The summed E-state index contributed by atoms with van der Waals surface area (Å²) in [6.07, 6.45) is 7.40. The first-order valence-corrected chi connectivity index (χ1v) is 11.9. The van der Waals surface area contributed by atoms with Gasteiger partial charge in [0, 0.05) is 48.6 Å². The molecule has 1 saturated heterocycles. The molecule has 5 nitrogen and oxygen atoms in total. The Kier molecular flexibility index (Phi) is 7.48. The van der Waals surface area contributed by atoms with Crippen LogP contribution in [0.15, 0.2) is 54.7 Å². The average molecular weight is 434 g/mol. The van der Waals surface area contributed by atoms with Crippen LogP contribution in [0.25, 0.3) is 10.9 Å². The molecule has 2 heterocycles. The molecule has 0 radical (unpaired) electrons. The predicted molar refractivity (Wildman–Crippen MR) is 130 cm³/mol. The molecule has 2 N–H and O–H groups in total. The zero-order valence-electron chi connectivity index (χ0n) is 19.3. The zero-order chi connectivity index (χ0) is 22.3. The van der Waals surface area contributed by atoms with Crippen molar-refractivity contribution in [1.82, 2.24) is 15.2 Å². The van der Waals surface area contributed by atoms with Crippen LogP contribution >= 0.6 is 0 Å². The summed E-state index contributed by atoms with van der Waals surface area (Å²) in [5.41, 5.74) is 3.37. The van der Waals surface area contributed by atoms with Gasteiger partial charge in [-0.05, 0) is 62.1 Å². The van der Waals surface area contributed by atoms with E-state index < -0.39 is 0 Å². The number of hydrogen-bond acceptors (Lipinski definition) is 3. The third-order valence-corrected chi connectivity index (χ3v) is 6.79. The summed E-state index contributed by atoms with van der Waals surface area (Å²) in [4.78, 5) is 18.9. The molecule has 5 heteroatoms. The zero-order valence-corrected chi connectivity index (χ0v) is 19.3. The van der Waals surface area contributed by atoms with E-state index in [9.17, 15) is 4.79 Å². The number of aromatic nitrogens is 1. The molecule has 1 amide bonds. The van der Waals surface area contributed by atoms with Crippen LogP contribution in [0.3, 0.4) is 0 Å². The number of carbonyl (C=O) groups is 1. The van der Waals surface area contributed by atoms with Crippen LogP contribution in [0.5, 0.6) is 5.75 Å². The van der Waals surface area contributed by atoms with Crippen LogP contribution in [0, 0.1) is 0 Å². The minimum atomic E-state index is -0.0147. The highest BCUT2D eigenvalue weighted by Gasteiger charge is 2.22. The van der Waals surface area contributed by atoms with Crippen molar-refractivity contribution in [2.75, 3.05) is 26.7 Å². The van der Waals surface area contributed by atoms with Gasteiger partial charge in [0.05, 0.1) is 7.11 Å². The number of ether oxygens (including phenoxy) is 1. The molecule has 0 spiro atoms. The molecule has 0 aliphatic carbocycles. The van der Waals surface area contributed by atoms with Crippen molar-refractivity contribution >= 4 is 16.8 Å². The molecule has 2 atom stereocenters. The van der Waals surface area contributed by atoms with E-state index in [2.05, 4.69) is 46.4 Å². The van der Waals surface area contributed by atoms with E-state index >= 15 is 0 Å². The number of benzene rings is 2. The van der Waals surface area contributed by atoms with Crippen LogP contribution in [0.4, 0.5) is 0 Å². The lowest BCUT2D eigenvalue weighted by Gasteiger charge is -2.33. The Morgan fingerprint density at radius 2 is 2.00 bits per heavy atom. The number of rotatable bonds is 9. The lowest BCUT2D eigenvalue weighted by atomic mass is 9.88. The normalized spacial score (nSPS) is 17.9. The summed E-state index contributed by atoms with van der Waals surface area (Å²) in [7, 11) is 1.67. The smallest absolute Gasteiger partial charge is 0.220 e. The largest absolute Gasteiger partial charge is 0.497 e. The monoisotopic (exact) mass is 433 g/mol. The summed E-state index contributed by atoms with van der Waals surface area (Å²) in [5, 5.41) is 4.34. The number of H-pyrrole nitrogens is 1. The summed E-state index contributed by atoms with van der Waals surface area (Å²) < 4.78 is 5.32. The molecule has 170 valence electrons. The van der Waals surface area contributed by atoms with Crippen molar-refractivity contribution in [3.63, 3.8) is 0 Å². The number of piperidine rings is 1. The molecule has 2 unspecified atom stereocenters. The summed E-state index contributed by atoms with van der Waals surface area (Å²) in [6.45, 7) is 5.30. The van der Waals surface area contributed by atoms with E-state index in [1.807, 2.05) is 30.5 Å². The molecule has 0 bridgehead atoms. The maximum absolute atomic E-state index is 12.9. The summed E-state index contributed by atoms with van der Waals surface area (Å²) in [6, 6.07) is 17.0. The van der Waals surface area contributed by atoms with Crippen molar-refractivity contribution < 1.29 is 9.53 Å². The molecule has 3 aromatic rings. The summed E-state index contributed by atoms with van der Waals surface area (Å²) in [5.74, 6) is 0.907. The number of hydrogen-bond donors (Lipinski definition) is 2. The van der Waals surface area contributed by atoms with Gasteiger partial charge < -0.3 is 19.9 Å². The van der Waals surface area contributed by atoms with Crippen molar-refractivity contribution in [2.45, 2.75) is 51.0 Å². The van der Waals surface area contributed by atoms with E-state index in [4.69, 9.17) is 4.74 Å². The SMILES string of the molecule is COc1ccc(C(CC(=O)NCCCN2CCCCC2C)c2c[nH]c3ccccc23)cc1. The van der Waals surface area contributed by atoms with Crippen molar-refractivity contribution in [3.05, 3.63) is 65.9 Å². The number of carbonyl (C=O) groups excluding carboxylic acids is 1. The highest BCUT2D eigenvalue weighted by atomic mass is 16.5. The van der Waals surface area contributed by atoms with E-state index in [0.717, 1.165) is 41.9 Å². The molecule has 0 saturated carbocycles. The summed E-state index contributed by atoms with van der Waals surface area (Å²) >= 11 is 0. The Bertz CT molecular complexity index is 1010. The number of fused-ring (bicyclic) bond motifs is 1. The van der Waals surface area contributed by atoms with Gasteiger partial charge >= 0.3 is 0 Å². The quantitative estimate of drug-likeness (QED) is 0.463. The van der Waals surface area contributed by atoms with E-state index in [1.165, 1.54) is 31.2 Å². The van der Waals surface area contributed by atoms with Gasteiger partial charge in [0.25, 0.3) is 0 Å². The Balaban J connectivity index is 1.42. The van der Waals surface area contributed by atoms with Crippen LogP contribution in [-0.2, 0) is 4.79 Å². The lowest BCUT2D eigenvalue weighted by molar-refractivity contribution is -0.121. The molecule has 1 aliphatic rings. The van der Waals surface area contributed by atoms with Crippen molar-refractivity contribution in [3.8, 4) is 5.75 Å². The van der Waals surface area contributed by atoms with Gasteiger partial charge in [-0.15, -0.1) is 0 Å². The van der Waals surface area contributed by atoms with Crippen molar-refractivity contribution in [1.29, 1.82) is 0 Å². The maximum atomic E-state index is 12.9. The second-order valence-corrected chi connectivity index (χ2v) is 8.90. The molecule has 2 aromatic carbocycles. The highest BCUT2D eigenvalue weighted by Crippen LogP contribution is 2.34. The number of para-hydroxylation sites is 1. The van der Waals surface area contributed by atoms with Crippen LogP contribution in [-0.4, -0.2) is 48.6 Å². The van der Waals surface area contributed by atoms with Crippen LogP contribution in [0.2, 0.25) is 0 Å². The van der Waals surface area contributed by atoms with E-state index in [1.54, 1.807) is 7.11 Å². The fourth-order valence-corrected chi connectivity index (χ4v) is 4.88. The van der Waals surface area contributed by atoms with Gasteiger partial charge in [-0.25, -0.2) is 0 Å². The average Bonchev–Trinajstić information content (AvgIpc) is 3.25. The molecular weight excluding hydrogens is 398 g/mol. The van der Waals surface area contributed by atoms with Gasteiger partial charge in [0.15, 0.2) is 0 Å². The molecule has 1 aliphatic heterocycles. The first-order valence-electron chi connectivity index (χ1n) is 11.9. The molecule has 1 fully saturated rings. The van der Waals surface area contributed by atoms with E-state index in [0.29, 0.717) is 12.5 Å². The number of nitrogens with zero attached hydrogens (tertiary/aromatic N) is 1. The standard InChI is InChI=1S/C27H35N3O2/c1-20-8-5-6-16-30(20)17-7-15-28-27(31)18-24(21-11-13-22(32-2)14-12-21)25-19-29-26-10-4-3-9-23(25)26/h3-4,9-14,19-20,24,29H,5-8,15-18H2,1-2H3,(H,28,31). The highest BCUT2D eigenvalue weighted by molar-refractivity contribution is 5.86. The second-order valence-electron chi connectivity index (χ2n) is 8.90. The molecule has 1 aromatic heterocycles. The molecular formula is C27H35N3O2. The Labute approximate surface area is 191 Å². The Hall–Kier alpha value is -2.79. The minimum Gasteiger partial charge on any atom is -0.497 e.